The van der Waals surface area contributed by atoms with Crippen molar-refractivity contribution in [3.8, 4) is 0 Å². The van der Waals surface area contributed by atoms with Gasteiger partial charge in [0.1, 0.15) is 6.04 Å². The molecule has 0 radical (unpaired) electrons. The Labute approximate surface area is 134 Å². The van der Waals surface area contributed by atoms with E-state index in [4.69, 9.17) is 15.9 Å². The SMILES string of the molecule is CSCC[C@H](NC(=O)[C@@H](N)CC(C)C)C(=O)NC(O)C(=O)O. The summed E-state index contributed by atoms with van der Waals surface area (Å²) >= 11 is 1.48. The Morgan fingerprint density at radius 3 is 2.23 bits per heavy atom. The maximum Gasteiger partial charge on any atom is 0.353 e. The van der Waals surface area contributed by atoms with E-state index in [-0.39, 0.29) is 5.92 Å². The number of carbonyl (C=O) groups is 3. The molecule has 0 aromatic rings. The van der Waals surface area contributed by atoms with Crippen molar-refractivity contribution in [1.82, 2.24) is 10.6 Å². The van der Waals surface area contributed by atoms with Crippen LogP contribution in [0.2, 0.25) is 0 Å². The van der Waals surface area contributed by atoms with Crippen molar-refractivity contribution in [1.29, 1.82) is 0 Å². The Hall–Kier alpha value is -1.32. The molecule has 0 aromatic carbocycles. The fourth-order valence-electron chi connectivity index (χ4n) is 1.70. The van der Waals surface area contributed by atoms with Crippen molar-refractivity contribution in [3.05, 3.63) is 0 Å². The van der Waals surface area contributed by atoms with Crippen LogP contribution >= 0.6 is 11.8 Å². The molecule has 1 unspecified atom stereocenters. The van der Waals surface area contributed by atoms with E-state index in [0.29, 0.717) is 18.6 Å². The summed E-state index contributed by atoms with van der Waals surface area (Å²) in [5.74, 6) is -1.98. The van der Waals surface area contributed by atoms with Gasteiger partial charge < -0.3 is 26.6 Å². The smallest absolute Gasteiger partial charge is 0.353 e. The Balaban J connectivity index is 4.71. The van der Waals surface area contributed by atoms with E-state index in [1.54, 1.807) is 0 Å². The van der Waals surface area contributed by atoms with Gasteiger partial charge >= 0.3 is 5.97 Å². The minimum absolute atomic E-state index is 0.230. The molecule has 0 aliphatic carbocycles. The number of aliphatic hydroxyl groups excluding tert-OH is 1. The lowest BCUT2D eigenvalue weighted by Gasteiger charge is -2.21. The molecule has 0 heterocycles. The van der Waals surface area contributed by atoms with Gasteiger partial charge in [-0.3, -0.25) is 9.59 Å². The minimum atomic E-state index is -2.01. The number of carboxylic acids is 1. The molecule has 0 aliphatic heterocycles. The molecule has 0 aliphatic rings. The topological polar surface area (TPSA) is 142 Å². The maximum atomic E-state index is 12.0. The van der Waals surface area contributed by atoms with E-state index >= 15 is 0 Å². The normalized spacial score (nSPS) is 15.0. The Kier molecular flexibility index (Phi) is 9.79. The lowest BCUT2D eigenvalue weighted by atomic mass is 10.0. The molecule has 2 amide bonds. The van der Waals surface area contributed by atoms with Gasteiger partial charge in [0.2, 0.25) is 18.0 Å². The van der Waals surface area contributed by atoms with Gasteiger partial charge in [-0.1, -0.05) is 13.8 Å². The third-order valence-corrected chi connectivity index (χ3v) is 3.46. The Bertz CT molecular complexity index is 392. The summed E-state index contributed by atoms with van der Waals surface area (Å²) in [5, 5.41) is 22.2. The third-order valence-electron chi connectivity index (χ3n) is 2.82. The third kappa shape index (κ3) is 8.20. The van der Waals surface area contributed by atoms with E-state index in [2.05, 4.69) is 5.32 Å². The fraction of sp³-hybridized carbons (Fsp3) is 0.769. The van der Waals surface area contributed by atoms with Crippen LogP contribution in [0.1, 0.15) is 26.7 Å². The fourth-order valence-corrected chi connectivity index (χ4v) is 2.17. The van der Waals surface area contributed by atoms with Gasteiger partial charge in [0.05, 0.1) is 6.04 Å². The molecular weight excluding hydrogens is 310 g/mol. The molecule has 0 saturated heterocycles. The number of nitrogens with two attached hydrogens (primary N) is 1. The molecular formula is C13H25N3O5S. The second-order valence-corrected chi connectivity index (χ2v) is 6.31. The highest BCUT2D eigenvalue weighted by atomic mass is 32.2. The highest BCUT2D eigenvalue weighted by Gasteiger charge is 2.26. The van der Waals surface area contributed by atoms with Gasteiger partial charge in [0, 0.05) is 0 Å². The number of aliphatic hydroxyl groups is 1. The largest absolute Gasteiger partial charge is 0.478 e. The van der Waals surface area contributed by atoms with Crippen molar-refractivity contribution in [2.75, 3.05) is 12.0 Å². The van der Waals surface area contributed by atoms with Crippen LogP contribution < -0.4 is 16.4 Å². The van der Waals surface area contributed by atoms with Crippen LogP contribution in [0.4, 0.5) is 0 Å². The quantitative estimate of drug-likeness (QED) is 0.326. The second kappa shape index (κ2) is 10.4. The zero-order valence-electron chi connectivity index (χ0n) is 13.0. The van der Waals surface area contributed by atoms with Crippen molar-refractivity contribution in [3.63, 3.8) is 0 Å². The van der Waals surface area contributed by atoms with Gasteiger partial charge in [-0.2, -0.15) is 11.8 Å². The molecule has 0 aromatic heterocycles. The van der Waals surface area contributed by atoms with Gasteiger partial charge in [-0.25, -0.2) is 4.79 Å². The first-order valence-electron chi connectivity index (χ1n) is 6.95. The average Bonchev–Trinajstić information content (AvgIpc) is 2.41. The summed E-state index contributed by atoms with van der Waals surface area (Å²) in [6.07, 6.45) is 0.610. The standard InChI is InChI=1S/C13H25N3O5S/c1-7(2)6-8(14)10(17)15-9(4-5-22-3)11(18)16-12(19)13(20)21/h7-9,12,19H,4-6,14H2,1-3H3,(H,15,17)(H,16,18)(H,20,21)/t8-,9-,12?/m0/s1. The van der Waals surface area contributed by atoms with Gasteiger partial charge in [-0.15, -0.1) is 0 Å². The first-order chi connectivity index (χ1) is 10.2. The van der Waals surface area contributed by atoms with Crippen molar-refractivity contribution < 1.29 is 24.6 Å². The zero-order chi connectivity index (χ0) is 17.3. The van der Waals surface area contributed by atoms with E-state index in [0.717, 1.165) is 0 Å². The van der Waals surface area contributed by atoms with Crippen LogP contribution in [-0.4, -0.2) is 58.3 Å². The number of hydrogen-bond acceptors (Lipinski definition) is 6. The van der Waals surface area contributed by atoms with Crippen LogP contribution in [0.25, 0.3) is 0 Å². The summed E-state index contributed by atoms with van der Waals surface area (Å²) in [5.41, 5.74) is 5.75. The molecule has 9 heteroatoms. The molecule has 22 heavy (non-hydrogen) atoms. The van der Waals surface area contributed by atoms with E-state index in [1.165, 1.54) is 11.8 Å². The van der Waals surface area contributed by atoms with Gasteiger partial charge in [-0.05, 0) is 30.8 Å². The first kappa shape index (κ1) is 20.7. The monoisotopic (exact) mass is 335 g/mol. The number of carbonyl (C=O) groups excluding carboxylic acids is 2. The van der Waals surface area contributed by atoms with Crippen LogP contribution in [0, 0.1) is 5.92 Å². The van der Waals surface area contributed by atoms with E-state index in [1.807, 2.05) is 25.4 Å². The molecule has 0 saturated carbocycles. The lowest BCUT2D eigenvalue weighted by Crippen LogP contribution is -2.54. The predicted molar refractivity (Wildman–Crippen MR) is 84.1 cm³/mol. The molecule has 0 rings (SSSR count). The summed E-state index contributed by atoms with van der Waals surface area (Å²) in [4.78, 5) is 34.5. The highest BCUT2D eigenvalue weighted by molar-refractivity contribution is 7.98. The Morgan fingerprint density at radius 2 is 1.77 bits per heavy atom. The zero-order valence-corrected chi connectivity index (χ0v) is 13.9. The summed E-state index contributed by atoms with van der Waals surface area (Å²) in [6, 6.07) is -1.68. The molecule has 3 atom stereocenters. The number of rotatable bonds is 10. The maximum absolute atomic E-state index is 12.0. The molecule has 0 bridgehead atoms. The highest BCUT2D eigenvalue weighted by Crippen LogP contribution is 2.05. The number of hydrogen-bond donors (Lipinski definition) is 5. The van der Waals surface area contributed by atoms with Crippen molar-refractivity contribution >= 4 is 29.5 Å². The molecule has 8 nitrogen and oxygen atoms in total. The van der Waals surface area contributed by atoms with Crippen molar-refractivity contribution in [2.24, 2.45) is 11.7 Å². The number of nitrogens with one attached hydrogen (secondary N) is 2. The van der Waals surface area contributed by atoms with E-state index < -0.39 is 36.1 Å². The minimum Gasteiger partial charge on any atom is -0.478 e. The number of thioether (sulfide) groups is 1. The van der Waals surface area contributed by atoms with Crippen LogP contribution in [0.3, 0.4) is 0 Å². The van der Waals surface area contributed by atoms with Crippen LogP contribution in [-0.2, 0) is 14.4 Å². The Morgan fingerprint density at radius 1 is 1.18 bits per heavy atom. The average molecular weight is 335 g/mol. The van der Waals surface area contributed by atoms with Crippen LogP contribution in [0.15, 0.2) is 0 Å². The summed E-state index contributed by atoms with van der Waals surface area (Å²) in [7, 11) is 0. The van der Waals surface area contributed by atoms with Crippen molar-refractivity contribution in [2.45, 2.75) is 45.0 Å². The van der Waals surface area contributed by atoms with E-state index in [9.17, 15) is 14.4 Å². The number of amides is 2. The number of aliphatic carboxylic acids is 1. The van der Waals surface area contributed by atoms with Crippen LogP contribution in [0.5, 0.6) is 0 Å². The first-order valence-corrected chi connectivity index (χ1v) is 8.34. The molecule has 128 valence electrons. The second-order valence-electron chi connectivity index (χ2n) is 5.33. The van der Waals surface area contributed by atoms with Gasteiger partial charge in [0.25, 0.3) is 0 Å². The molecule has 0 fully saturated rings. The lowest BCUT2D eigenvalue weighted by molar-refractivity contribution is -0.151. The van der Waals surface area contributed by atoms with Gasteiger partial charge in [0.15, 0.2) is 0 Å². The summed E-state index contributed by atoms with van der Waals surface area (Å²) in [6.45, 7) is 3.85. The molecule has 0 spiro atoms. The molecule has 6 N–H and O–H groups in total. The summed E-state index contributed by atoms with van der Waals surface area (Å²) < 4.78 is 0. The predicted octanol–water partition coefficient (Wildman–Crippen LogP) is -0.883. The number of carboxylic acid groups (broad SMARTS) is 1.